The van der Waals surface area contributed by atoms with Gasteiger partial charge < -0.3 is 10.0 Å². The molecule has 0 aliphatic heterocycles. The van der Waals surface area contributed by atoms with Gasteiger partial charge in [-0.3, -0.25) is 4.79 Å². The number of carbonyl (C=O) groups is 1. The van der Waals surface area contributed by atoms with Crippen molar-refractivity contribution in [1.29, 1.82) is 0 Å². The molecule has 50 heavy (non-hydrogen) atoms. The van der Waals surface area contributed by atoms with E-state index in [1.54, 1.807) is 0 Å². The average Bonchev–Trinajstić information content (AvgIpc) is 3.12. The molecule has 7 rings (SSSR count). The van der Waals surface area contributed by atoms with Crippen molar-refractivity contribution in [2.24, 2.45) is 23.7 Å². The third-order valence-corrected chi connectivity index (χ3v) is 11.8. The van der Waals surface area contributed by atoms with Gasteiger partial charge in [-0.05, 0) is 94.7 Å². The van der Waals surface area contributed by atoms with Gasteiger partial charge in [0.1, 0.15) is 0 Å². The zero-order chi connectivity index (χ0) is 34.8. The van der Waals surface area contributed by atoms with E-state index in [1.165, 1.54) is 97.8 Å². The molecule has 3 aromatic rings. The zero-order valence-corrected chi connectivity index (χ0v) is 30.6. The van der Waals surface area contributed by atoms with Crippen LogP contribution in [0.15, 0.2) is 90.7 Å². The summed E-state index contributed by atoms with van der Waals surface area (Å²) in [7, 11) is 0. The Kier molecular flexibility index (Phi) is 10.3. The minimum Gasteiger partial charge on any atom is -0.874 e. The van der Waals surface area contributed by atoms with Gasteiger partial charge in [0.15, 0.2) is 12.3 Å². The Bertz CT molecular complexity index is 1830. The average molecular weight is 667 g/mol. The van der Waals surface area contributed by atoms with Crippen molar-refractivity contribution in [2.75, 3.05) is 18.0 Å². The Balaban J connectivity index is 1.11. The number of carbonyl (C=O) groups excluding carboxylic acids is 1. The first-order valence-electron chi connectivity index (χ1n) is 19.3. The lowest BCUT2D eigenvalue weighted by atomic mass is 9.71. The lowest BCUT2D eigenvalue weighted by Crippen LogP contribution is -2.41. The van der Waals surface area contributed by atoms with Crippen molar-refractivity contribution in [3.63, 3.8) is 0 Å². The number of hydrogen-bond donors (Lipinski definition) is 0. The second-order valence-corrected chi connectivity index (χ2v) is 15.7. The fraction of sp³-hybridized carbons (Fsp3) is 0.435. The van der Waals surface area contributed by atoms with Crippen LogP contribution in [0.1, 0.15) is 92.0 Å². The highest BCUT2D eigenvalue weighted by molar-refractivity contribution is 6.29. The lowest BCUT2D eigenvalue weighted by Gasteiger charge is -2.40. The molecular weight excluding hydrogens is 613 g/mol. The summed E-state index contributed by atoms with van der Waals surface area (Å²) < 4.78 is 2.47. The first-order chi connectivity index (χ1) is 24.3. The Labute approximate surface area is 299 Å². The molecule has 2 fully saturated rings. The number of anilines is 2. The molecule has 0 heterocycles. The molecule has 4 nitrogen and oxygen atoms in total. The summed E-state index contributed by atoms with van der Waals surface area (Å²) in [6, 6.07) is 21.6. The van der Waals surface area contributed by atoms with E-state index in [0.717, 1.165) is 30.1 Å². The molecule has 3 aromatic carbocycles. The molecule has 260 valence electrons. The van der Waals surface area contributed by atoms with Crippen LogP contribution in [0.25, 0.3) is 5.57 Å². The molecule has 2 saturated carbocycles. The molecule has 0 aromatic heterocycles. The van der Waals surface area contributed by atoms with Crippen molar-refractivity contribution in [2.45, 2.75) is 91.9 Å². The Morgan fingerprint density at radius 2 is 1.32 bits per heavy atom. The van der Waals surface area contributed by atoms with Crippen LogP contribution in [0.2, 0.25) is 0 Å². The van der Waals surface area contributed by atoms with Crippen molar-refractivity contribution < 1.29 is 14.5 Å². The fourth-order valence-electron chi connectivity index (χ4n) is 9.02. The van der Waals surface area contributed by atoms with Crippen LogP contribution >= 0.6 is 0 Å². The summed E-state index contributed by atoms with van der Waals surface area (Å²) in [6.45, 7) is 10.7. The summed E-state index contributed by atoms with van der Waals surface area (Å²) in [5, 5.41) is 13.7. The minimum atomic E-state index is -0.635. The Hall–Kier alpha value is -4.18. The summed E-state index contributed by atoms with van der Waals surface area (Å²) in [5.74, 6) is 0.427. The van der Waals surface area contributed by atoms with Crippen LogP contribution in [0.3, 0.4) is 0 Å². The number of allylic oxidation sites excluding steroid dienone is 6. The molecule has 0 N–H and O–H groups in total. The maximum absolute atomic E-state index is 13.7. The van der Waals surface area contributed by atoms with Gasteiger partial charge in [-0.2, -0.15) is 4.58 Å². The highest BCUT2D eigenvalue weighted by Gasteiger charge is 2.39. The van der Waals surface area contributed by atoms with Crippen molar-refractivity contribution in [3.8, 4) is 0 Å². The number of rotatable bonds is 9. The van der Waals surface area contributed by atoms with E-state index in [2.05, 4.69) is 110 Å². The van der Waals surface area contributed by atoms with Gasteiger partial charge in [-0.15, -0.1) is 5.76 Å². The molecular formula is C46H54N2O2. The quantitative estimate of drug-likeness (QED) is 0.214. The van der Waals surface area contributed by atoms with E-state index in [4.69, 9.17) is 0 Å². The third-order valence-electron chi connectivity index (χ3n) is 11.8. The number of nitrogens with zero attached hydrogens (tertiary/aromatic N) is 2. The maximum Gasteiger partial charge on any atom is 0.208 e. The summed E-state index contributed by atoms with van der Waals surface area (Å²) in [4.78, 5) is 16.1. The van der Waals surface area contributed by atoms with Crippen LogP contribution in [-0.2, 0) is 4.79 Å². The maximum atomic E-state index is 13.7. The largest absolute Gasteiger partial charge is 0.874 e. The zero-order valence-electron chi connectivity index (χ0n) is 30.6. The standard InChI is InChI=1S/C46H54N2O2/c1-31-15-25-41(33(3)27-31)47(29-35-11-7-5-8-12-35)39-21-17-37(18-22-39)43-45(49)44(46(43)50)38-19-23-40(24-20-38)48(30-36-13-9-6-10-14-36)42-26-16-32(2)28-34(42)4/h15-28,35-37,43H,5-14,29-30H2,1-4H3. The topological polar surface area (TPSA) is 46.4 Å². The number of ketones is 1. The highest BCUT2D eigenvalue weighted by atomic mass is 16.3. The molecule has 4 heteroatoms. The monoisotopic (exact) mass is 666 g/mol. The van der Waals surface area contributed by atoms with Gasteiger partial charge in [-0.1, -0.05) is 92.1 Å². The number of aryl methyl sites for hydroxylation is 4. The Morgan fingerprint density at radius 1 is 0.720 bits per heavy atom. The normalized spacial score (nSPS) is 21.4. The van der Waals surface area contributed by atoms with E-state index in [-0.39, 0.29) is 17.5 Å². The third kappa shape index (κ3) is 7.18. The molecule has 1 unspecified atom stereocenters. The van der Waals surface area contributed by atoms with E-state index in [1.807, 2.05) is 12.1 Å². The van der Waals surface area contributed by atoms with Gasteiger partial charge in [-0.25, -0.2) is 0 Å². The second kappa shape index (κ2) is 15.0. The summed E-state index contributed by atoms with van der Waals surface area (Å²) in [5.41, 5.74) is 10.9. The summed E-state index contributed by atoms with van der Waals surface area (Å²) in [6.07, 6.45) is 21.5. The fourth-order valence-corrected chi connectivity index (χ4v) is 9.02. The molecule has 0 radical (unpaired) electrons. The smallest absolute Gasteiger partial charge is 0.208 e. The predicted molar refractivity (Wildman–Crippen MR) is 205 cm³/mol. The highest BCUT2D eigenvalue weighted by Crippen LogP contribution is 2.42. The lowest BCUT2D eigenvalue weighted by molar-refractivity contribution is -0.449. The second-order valence-electron chi connectivity index (χ2n) is 15.7. The molecule has 0 saturated heterocycles. The molecule has 1 atom stereocenters. The van der Waals surface area contributed by atoms with E-state index >= 15 is 0 Å². The van der Waals surface area contributed by atoms with Crippen LogP contribution < -0.4 is 10.0 Å². The number of Topliss-reactive ketones (excluding diaryl/α,β-unsaturated/α-hetero) is 1. The number of hydrogen-bond acceptors (Lipinski definition) is 3. The Morgan fingerprint density at radius 3 is 1.92 bits per heavy atom. The molecule has 0 bridgehead atoms. The first kappa shape index (κ1) is 34.3. The van der Waals surface area contributed by atoms with Crippen LogP contribution in [-0.4, -0.2) is 29.2 Å². The summed E-state index contributed by atoms with van der Waals surface area (Å²) >= 11 is 0. The molecule has 0 amide bonds. The van der Waals surface area contributed by atoms with Gasteiger partial charge in [0.2, 0.25) is 11.4 Å². The van der Waals surface area contributed by atoms with E-state index in [9.17, 15) is 9.90 Å². The molecule has 4 aliphatic carbocycles. The molecule has 4 aliphatic rings. The molecule has 0 spiro atoms. The predicted octanol–water partition coefficient (Wildman–Crippen LogP) is 10.0. The van der Waals surface area contributed by atoms with Gasteiger partial charge in [0.05, 0.1) is 0 Å². The van der Waals surface area contributed by atoms with Crippen LogP contribution in [0.5, 0.6) is 0 Å². The van der Waals surface area contributed by atoms with Crippen molar-refractivity contribution in [1.82, 2.24) is 0 Å². The van der Waals surface area contributed by atoms with Gasteiger partial charge in [0.25, 0.3) is 0 Å². The van der Waals surface area contributed by atoms with Crippen molar-refractivity contribution >= 4 is 34.1 Å². The SMILES string of the molecule is Cc1ccc(N(CC2CCCCC2)c2ccc(C3=C([O-])C(C4C=CC(=[N+](CC5CCCCC5)c5ccc(C)cc5C)C=C4)C3=O)cc2)c(C)c1. The minimum absolute atomic E-state index is 0.0348. The van der Waals surface area contributed by atoms with Crippen LogP contribution in [0.4, 0.5) is 17.1 Å². The van der Waals surface area contributed by atoms with E-state index < -0.39 is 5.92 Å². The number of benzene rings is 3. The first-order valence-corrected chi connectivity index (χ1v) is 19.3. The van der Waals surface area contributed by atoms with Crippen molar-refractivity contribution in [3.05, 3.63) is 119 Å². The van der Waals surface area contributed by atoms with E-state index in [0.29, 0.717) is 17.4 Å². The van der Waals surface area contributed by atoms with Gasteiger partial charge >= 0.3 is 0 Å². The van der Waals surface area contributed by atoms with Gasteiger partial charge in [0, 0.05) is 65.0 Å². The van der Waals surface area contributed by atoms with Crippen LogP contribution in [0, 0.1) is 51.4 Å².